The molecule has 3 aliphatic rings. The van der Waals surface area contributed by atoms with Crippen molar-refractivity contribution in [3.05, 3.63) is 29.3 Å². The summed E-state index contributed by atoms with van der Waals surface area (Å²) < 4.78 is 16.3. The lowest BCUT2D eigenvalue weighted by molar-refractivity contribution is -0.157. The lowest BCUT2D eigenvalue weighted by Crippen LogP contribution is -2.58. The van der Waals surface area contributed by atoms with E-state index in [0.29, 0.717) is 11.5 Å². The number of carbonyl (C=O) groups excluding carboxylic acids is 1. The van der Waals surface area contributed by atoms with Gasteiger partial charge in [0.25, 0.3) is 0 Å². The molecule has 2 aromatic rings. The number of methoxy groups -OCH3 is 2. The topological polar surface area (TPSA) is 110 Å². The first-order valence-electron chi connectivity index (χ1n) is 11.2. The standard InChI is InChI=1S/C24H31N5O4/c1-13(2)33-19-8-18(15(10-25)6-14(19)3)26-20-9-21(28-24(27-20)32-5)29-11-16-7-17(12-29)22(16)23(30)31-4/h6,8-10,13,16-17,22,25H,7,11-12H2,1-5H3,(H,26,27,28). The van der Waals surface area contributed by atoms with Crippen molar-refractivity contribution in [1.82, 2.24) is 9.97 Å². The maximum absolute atomic E-state index is 12.1. The summed E-state index contributed by atoms with van der Waals surface area (Å²) in [7, 11) is 2.99. The third-order valence-corrected chi connectivity index (χ3v) is 6.33. The van der Waals surface area contributed by atoms with Crippen LogP contribution >= 0.6 is 0 Å². The number of aromatic nitrogens is 2. The summed E-state index contributed by atoms with van der Waals surface area (Å²) >= 11 is 0. The van der Waals surface area contributed by atoms with Crippen LogP contribution in [0.4, 0.5) is 17.3 Å². The molecule has 1 aromatic carbocycles. The highest BCUT2D eigenvalue weighted by atomic mass is 16.5. The zero-order valence-corrected chi connectivity index (χ0v) is 19.7. The molecule has 1 saturated carbocycles. The zero-order valence-electron chi connectivity index (χ0n) is 19.7. The number of benzene rings is 1. The molecule has 1 aliphatic carbocycles. The predicted octanol–water partition coefficient (Wildman–Crippen LogP) is 3.57. The molecule has 9 nitrogen and oxygen atoms in total. The largest absolute Gasteiger partial charge is 0.491 e. The molecule has 1 aromatic heterocycles. The van der Waals surface area contributed by atoms with Gasteiger partial charge in [-0.25, -0.2) is 0 Å². The Morgan fingerprint density at radius 3 is 2.55 bits per heavy atom. The second-order valence-corrected chi connectivity index (χ2v) is 8.95. The molecule has 2 unspecified atom stereocenters. The van der Waals surface area contributed by atoms with E-state index in [1.165, 1.54) is 20.4 Å². The Balaban J connectivity index is 1.60. The van der Waals surface area contributed by atoms with Crippen LogP contribution in [0.5, 0.6) is 11.8 Å². The van der Waals surface area contributed by atoms with E-state index in [1.54, 1.807) is 0 Å². The second-order valence-electron chi connectivity index (χ2n) is 8.95. The van der Waals surface area contributed by atoms with Crippen molar-refractivity contribution < 1.29 is 19.0 Å². The Labute approximate surface area is 194 Å². The van der Waals surface area contributed by atoms with Crippen molar-refractivity contribution >= 4 is 29.5 Å². The van der Waals surface area contributed by atoms with E-state index in [4.69, 9.17) is 19.6 Å². The van der Waals surface area contributed by atoms with Gasteiger partial charge in [0, 0.05) is 37.0 Å². The van der Waals surface area contributed by atoms with Gasteiger partial charge >= 0.3 is 12.0 Å². The molecular formula is C24H31N5O4. The number of hydrogen-bond acceptors (Lipinski definition) is 9. The Kier molecular flexibility index (Phi) is 6.40. The molecule has 33 heavy (non-hydrogen) atoms. The number of rotatable bonds is 8. The first-order valence-corrected chi connectivity index (χ1v) is 11.2. The van der Waals surface area contributed by atoms with Crippen LogP contribution in [-0.2, 0) is 9.53 Å². The van der Waals surface area contributed by atoms with E-state index in [-0.39, 0.29) is 35.8 Å². The minimum atomic E-state index is -0.114. The van der Waals surface area contributed by atoms with Gasteiger partial charge in [-0.05, 0) is 50.7 Å². The predicted molar refractivity (Wildman–Crippen MR) is 126 cm³/mol. The Bertz CT molecular complexity index is 1050. The molecule has 176 valence electrons. The number of ether oxygens (including phenoxy) is 3. The smallest absolute Gasteiger partial charge is 0.320 e. The van der Waals surface area contributed by atoms with E-state index in [0.717, 1.165) is 42.2 Å². The monoisotopic (exact) mass is 453 g/mol. The fourth-order valence-corrected chi connectivity index (χ4v) is 4.78. The molecule has 0 amide bonds. The number of fused-ring (bicyclic) bond motifs is 2. The molecule has 3 heterocycles. The van der Waals surface area contributed by atoms with Gasteiger partial charge in [0.1, 0.15) is 17.4 Å². The van der Waals surface area contributed by atoms with E-state index < -0.39 is 0 Å². The Hall–Kier alpha value is -3.36. The normalized spacial score (nSPS) is 21.3. The number of nitrogens with one attached hydrogen (secondary N) is 2. The molecule has 0 radical (unpaired) electrons. The fourth-order valence-electron chi connectivity index (χ4n) is 4.78. The maximum Gasteiger partial charge on any atom is 0.320 e. The number of nitrogens with zero attached hydrogens (tertiary/aromatic N) is 3. The number of aryl methyl sites for hydroxylation is 1. The van der Waals surface area contributed by atoms with Gasteiger partial charge in [-0.1, -0.05) is 0 Å². The molecular weight excluding hydrogens is 422 g/mol. The molecule has 2 bridgehead atoms. The van der Waals surface area contributed by atoms with Gasteiger partial charge in [-0.15, -0.1) is 0 Å². The fraction of sp³-hybridized carbons (Fsp3) is 0.500. The van der Waals surface area contributed by atoms with Crippen LogP contribution in [-0.4, -0.2) is 55.6 Å². The molecule has 2 atom stereocenters. The highest BCUT2D eigenvalue weighted by molar-refractivity contribution is 5.88. The molecule has 3 fully saturated rings. The lowest BCUT2D eigenvalue weighted by Gasteiger charge is -2.52. The number of anilines is 3. The van der Waals surface area contributed by atoms with Crippen molar-refractivity contribution in [2.75, 3.05) is 37.5 Å². The summed E-state index contributed by atoms with van der Waals surface area (Å²) in [5, 5.41) is 11.1. The summed E-state index contributed by atoms with van der Waals surface area (Å²) in [4.78, 5) is 23.2. The molecule has 2 aliphatic heterocycles. The van der Waals surface area contributed by atoms with Crippen molar-refractivity contribution in [2.24, 2.45) is 17.8 Å². The molecule has 0 spiro atoms. The molecule has 2 saturated heterocycles. The van der Waals surface area contributed by atoms with Gasteiger partial charge < -0.3 is 29.8 Å². The number of esters is 1. The first kappa shape index (κ1) is 22.8. The number of piperidine rings is 2. The highest BCUT2D eigenvalue weighted by Gasteiger charge is 2.51. The third-order valence-electron chi connectivity index (χ3n) is 6.33. The van der Waals surface area contributed by atoms with Crippen LogP contribution in [0.1, 0.15) is 31.4 Å². The van der Waals surface area contributed by atoms with E-state index >= 15 is 0 Å². The number of hydrogen-bond donors (Lipinski definition) is 2. The van der Waals surface area contributed by atoms with Crippen LogP contribution < -0.4 is 19.7 Å². The molecule has 2 N–H and O–H groups in total. The zero-order chi connectivity index (χ0) is 23.7. The first-order chi connectivity index (χ1) is 15.8. The second kappa shape index (κ2) is 9.25. The van der Waals surface area contributed by atoms with Crippen molar-refractivity contribution in [3.63, 3.8) is 0 Å². The summed E-state index contributed by atoms with van der Waals surface area (Å²) in [5.74, 6) is 2.46. The van der Waals surface area contributed by atoms with Crippen LogP contribution in [0, 0.1) is 30.1 Å². The van der Waals surface area contributed by atoms with Gasteiger partial charge in [-0.3, -0.25) is 4.79 Å². The lowest BCUT2D eigenvalue weighted by atomic mass is 9.61. The quantitative estimate of drug-likeness (QED) is 0.461. The van der Waals surface area contributed by atoms with Gasteiger partial charge in [0.15, 0.2) is 0 Å². The van der Waals surface area contributed by atoms with E-state index in [2.05, 4.69) is 20.2 Å². The third kappa shape index (κ3) is 4.58. The minimum absolute atomic E-state index is 0.0188. The number of carbonyl (C=O) groups is 1. The van der Waals surface area contributed by atoms with Crippen LogP contribution in [0.15, 0.2) is 18.2 Å². The summed E-state index contributed by atoms with van der Waals surface area (Å²) in [5.41, 5.74) is 2.40. The Morgan fingerprint density at radius 1 is 1.21 bits per heavy atom. The van der Waals surface area contributed by atoms with Gasteiger partial charge in [0.05, 0.1) is 31.9 Å². The summed E-state index contributed by atoms with van der Waals surface area (Å²) in [6.45, 7) is 7.39. The Morgan fingerprint density at radius 2 is 1.94 bits per heavy atom. The average molecular weight is 454 g/mol. The van der Waals surface area contributed by atoms with Crippen molar-refractivity contribution in [2.45, 2.75) is 33.3 Å². The maximum atomic E-state index is 12.1. The minimum Gasteiger partial charge on any atom is -0.491 e. The molecule has 9 heteroatoms. The summed E-state index contributed by atoms with van der Waals surface area (Å²) in [6, 6.07) is 5.93. The molecule has 5 rings (SSSR count). The average Bonchev–Trinajstić information content (AvgIpc) is 2.80. The SMILES string of the molecule is COC(=O)C1C2CC1CN(c1cc(Nc3cc(OC(C)C)c(C)cc3C=N)nc(OC)n1)C2. The highest BCUT2D eigenvalue weighted by Crippen LogP contribution is 2.47. The summed E-state index contributed by atoms with van der Waals surface area (Å²) in [6.07, 6.45) is 2.38. The van der Waals surface area contributed by atoms with E-state index in [9.17, 15) is 4.79 Å². The van der Waals surface area contributed by atoms with Gasteiger partial charge in [-0.2, -0.15) is 9.97 Å². The van der Waals surface area contributed by atoms with Crippen LogP contribution in [0.2, 0.25) is 0 Å². The van der Waals surface area contributed by atoms with E-state index in [1.807, 2.05) is 39.0 Å². The van der Waals surface area contributed by atoms with Crippen molar-refractivity contribution in [3.8, 4) is 11.8 Å². The van der Waals surface area contributed by atoms with Crippen molar-refractivity contribution in [1.29, 1.82) is 5.41 Å². The van der Waals surface area contributed by atoms with Gasteiger partial charge in [0.2, 0.25) is 0 Å². The van der Waals surface area contributed by atoms with Crippen LogP contribution in [0.25, 0.3) is 0 Å². The van der Waals surface area contributed by atoms with Crippen LogP contribution in [0.3, 0.4) is 0 Å².